The first-order chi connectivity index (χ1) is 5.27. The van der Waals surface area contributed by atoms with E-state index in [2.05, 4.69) is 0 Å². The van der Waals surface area contributed by atoms with Crippen LogP contribution >= 0.6 is 0 Å². The molecule has 3 fully saturated rings. The van der Waals surface area contributed by atoms with Gasteiger partial charge >= 0.3 is 0 Å². The summed E-state index contributed by atoms with van der Waals surface area (Å²) in [6.45, 7) is 0. The van der Waals surface area contributed by atoms with Crippen molar-refractivity contribution in [2.75, 3.05) is 0 Å². The molecule has 0 aromatic carbocycles. The highest BCUT2D eigenvalue weighted by Crippen LogP contribution is 2.57. The van der Waals surface area contributed by atoms with E-state index in [9.17, 15) is 9.59 Å². The number of hydrogen-bond donors (Lipinski definition) is 0. The first kappa shape index (κ1) is 5.70. The molecule has 2 nitrogen and oxygen atoms in total. The van der Waals surface area contributed by atoms with Crippen molar-refractivity contribution in [2.24, 2.45) is 17.8 Å². The molecule has 0 heterocycles. The van der Waals surface area contributed by atoms with Crippen molar-refractivity contribution in [3.8, 4) is 0 Å². The Hall–Kier alpha value is -0.920. The monoisotopic (exact) mass is 148 g/mol. The summed E-state index contributed by atoms with van der Waals surface area (Å²) < 4.78 is 0. The summed E-state index contributed by atoms with van der Waals surface area (Å²) in [5.74, 6) is 1.45. The molecule has 4 bridgehead atoms. The van der Waals surface area contributed by atoms with Crippen LogP contribution in [0.15, 0.2) is 11.6 Å². The molecule has 4 aliphatic rings. The minimum atomic E-state index is 0.178. The van der Waals surface area contributed by atoms with Crippen molar-refractivity contribution in [3.63, 3.8) is 0 Å². The number of allylic oxidation sites excluding steroid dienone is 2. The molecule has 0 saturated heterocycles. The van der Waals surface area contributed by atoms with Gasteiger partial charge in [-0.05, 0) is 18.4 Å². The van der Waals surface area contributed by atoms with Gasteiger partial charge in [0.2, 0.25) is 0 Å². The minimum Gasteiger partial charge on any atom is -0.299 e. The van der Waals surface area contributed by atoms with Gasteiger partial charge in [0.25, 0.3) is 0 Å². The van der Waals surface area contributed by atoms with E-state index in [1.54, 1.807) is 6.08 Å². The smallest absolute Gasteiger partial charge is 0.156 e. The van der Waals surface area contributed by atoms with E-state index >= 15 is 0 Å². The largest absolute Gasteiger partial charge is 0.299 e. The summed E-state index contributed by atoms with van der Waals surface area (Å²) in [5, 5.41) is 0. The summed E-state index contributed by atoms with van der Waals surface area (Å²) >= 11 is 0. The number of Topliss-reactive ketones (excluding diaryl/α,β-unsaturated/α-hetero) is 1. The standard InChI is InChI=1S/C9H8O2/c10-5-1-4-2-7-6(3-5)8(4)9(7)11/h1,6-8H,2-3H2. The van der Waals surface area contributed by atoms with E-state index in [1.807, 2.05) is 0 Å². The third-order valence-electron chi connectivity index (χ3n) is 3.26. The van der Waals surface area contributed by atoms with Crippen LogP contribution < -0.4 is 0 Å². The lowest BCUT2D eigenvalue weighted by molar-refractivity contribution is -0.137. The lowest BCUT2D eigenvalue weighted by Crippen LogP contribution is -2.42. The molecule has 2 heteroatoms. The molecule has 4 rings (SSSR count). The SMILES string of the molecule is O=C1C=C2CC3C(=O)C2C3C1. The van der Waals surface area contributed by atoms with E-state index in [4.69, 9.17) is 0 Å². The summed E-state index contributed by atoms with van der Waals surface area (Å²) in [4.78, 5) is 22.2. The van der Waals surface area contributed by atoms with Crippen LogP contribution in [0.3, 0.4) is 0 Å². The highest BCUT2D eigenvalue weighted by Gasteiger charge is 2.59. The van der Waals surface area contributed by atoms with E-state index in [0.717, 1.165) is 12.0 Å². The molecule has 3 unspecified atom stereocenters. The van der Waals surface area contributed by atoms with Crippen LogP contribution in [0.4, 0.5) is 0 Å². The van der Waals surface area contributed by atoms with Gasteiger partial charge in [-0.25, -0.2) is 0 Å². The van der Waals surface area contributed by atoms with Crippen LogP contribution in [-0.2, 0) is 9.59 Å². The van der Waals surface area contributed by atoms with Crippen LogP contribution in [0, 0.1) is 17.8 Å². The molecule has 0 amide bonds. The fraction of sp³-hybridized carbons (Fsp3) is 0.556. The van der Waals surface area contributed by atoms with Gasteiger partial charge in [-0.3, -0.25) is 9.59 Å². The molecule has 11 heavy (non-hydrogen) atoms. The summed E-state index contributed by atoms with van der Waals surface area (Å²) in [7, 11) is 0. The second-order valence-corrected chi connectivity index (χ2v) is 3.74. The molecule has 56 valence electrons. The van der Waals surface area contributed by atoms with E-state index in [-0.39, 0.29) is 17.6 Å². The van der Waals surface area contributed by atoms with Gasteiger partial charge in [-0.2, -0.15) is 0 Å². The van der Waals surface area contributed by atoms with Gasteiger partial charge in [-0.15, -0.1) is 0 Å². The van der Waals surface area contributed by atoms with Crippen molar-refractivity contribution in [2.45, 2.75) is 12.8 Å². The molecule has 3 atom stereocenters. The van der Waals surface area contributed by atoms with Crippen LogP contribution in [0.25, 0.3) is 0 Å². The molecule has 0 aromatic heterocycles. The molecule has 0 spiro atoms. The van der Waals surface area contributed by atoms with Gasteiger partial charge in [0.1, 0.15) is 5.78 Å². The lowest BCUT2D eigenvalue weighted by Gasteiger charge is -2.34. The Morgan fingerprint density at radius 1 is 1.27 bits per heavy atom. The zero-order chi connectivity index (χ0) is 7.59. The van der Waals surface area contributed by atoms with Crippen LogP contribution in [0.1, 0.15) is 12.8 Å². The molecule has 0 N–H and O–H groups in total. The van der Waals surface area contributed by atoms with Gasteiger partial charge in [-0.1, -0.05) is 5.57 Å². The zero-order valence-electron chi connectivity index (χ0n) is 6.04. The normalized spacial score (nSPS) is 45.5. The fourth-order valence-electron chi connectivity index (χ4n) is 2.76. The van der Waals surface area contributed by atoms with E-state index in [0.29, 0.717) is 18.1 Å². The Morgan fingerprint density at radius 2 is 2.09 bits per heavy atom. The molecular formula is C9H8O2. The molecule has 4 aliphatic carbocycles. The first-order valence-corrected chi connectivity index (χ1v) is 4.04. The second-order valence-electron chi connectivity index (χ2n) is 3.74. The van der Waals surface area contributed by atoms with Crippen molar-refractivity contribution >= 4 is 11.6 Å². The maximum Gasteiger partial charge on any atom is 0.156 e. The molecular weight excluding hydrogens is 140 g/mol. The Kier molecular flexibility index (Phi) is 0.761. The quantitative estimate of drug-likeness (QED) is 0.507. The first-order valence-electron chi connectivity index (χ1n) is 4.04. The highest BCUT2D eigenvalue weighted by atomic mass is 16.1. The molecule has 0 aromatic rings. The van der Waals surface area contributed by atoms with Crippen molar-refractivity contribution in [3.05, 3.63) is 11.6 Å². The number of carbonyl (C=O) groups excluding carboxylic acids is 2. The third kappa shape index (κ3) is 0.471. The van der Waals surface area contributed by atoms with Crippen LogP contribution in [-0.4, -0.2) is 11.6 Å². The Balaban J connectivity index is 2.14. The Labute approximate surface area is 64.3 Å². The van der Waals surface area contributed by atoms with Crippen molar-refractivity contribution < 1.29 is 9.59 Å². The fourth-order valence-corrected chi connectivity index (χ4v) is 2.76. The summed E-state index contributed by atoms with van der Waals surface area (Å²) in [6.07, 6.45) is 3.22. The van der Waals surface area contributed by atoms with Gasteiger partial charge in [0.15, 0.2) is 5.78 Å². The second kappa shape index (κ2) is 1.47. The minimum absolute atomic E-state index is 0.178. The summed E-state index contributed by atoms with van der Waals surface area (Å²) in [5.41, 5.74) is 1.13. The number of carbonyl (C=O) groups is 2. The van der Waals surface area contributed by atoms with Gasteiger partial charge in [0, 0.05) is 18.3 Å². The topological polar surface area (TPSA) is 34.1 Å². The maximum atomic E-state index is 11.2. The lowest BCUT2D eigenvalue weighted by atomic mass is 9.66. The average Bonchev–Trinajstić information content (AvgIpc) is 2.40. The van der Waals surface area contributed by atoms with E-state index in [1.165, 1.54) is 0 Å². The predicted molar refractivity (Wildman–Crippen MR) is 37.8 cm³/mol. The van der Waals surface area contributed by atoms with Gasteiger partial charge in [0.05, 0.1) is 0 Å². The Bertz CT molecular complexity index is 301. The summed E-state index contributed by atoms with van der Waals surface area (Å²) in [6, 6.07) is 0. The van der Waals surface area contributed by atoms with Gasteiger partial charge < -0.3 is 0 Å². The number of ketones is 2. The van der Waals surface area contributed by atoms with Crippen molar-refractivity contribution in [1.29, 1.82) is 0 Å². The van der Waals surface area contributed by atoms with Crippen molar-refractivity contribution in [1.82, 2.24) is 0 Å². The number of hydrogen-bond acceptors (Lipinski definition) is 2. The van der Waals surface area contributed by atoms with Crippen LogP contribution in [0.5, 0.6) is 0 Å². The average molecular weight is 148 g/mol. The third-order valence-corrected chi connectivity index (χ3v) is 3.26. The maximum absolute atomic E-state index is 11.2. The predicted octanol–water partition coefficient (Wildman–Crippen LogP) is 0.721. The molecule has 3 saturated carbocycles. The number of rotatable bonds is 0. The molecule has 0 aliphatic heterocycles. The van der Waals surface area contributed by atoms with E-state index < -0.39 is 0 Å². The zero-order valence-corrected chi connectivity index (χ0v) is 6.04. The van der Waals surface area contributed by atoms with Crippen LogP contribution in [0.2, 0.25) is 0 Å². The molecule has 0 radical (unpaired) electrons. The Morgan fingerprint density at radius 3 is 2.82 bits per heavy atom. The highest BCUT2D eigenvalue weighted by molar-refractivity contribution is 6.03.